The zero-order valence-corrected chi connectivity index (χ0v) is 13.5. The molecule has 5 heteroatoms. The van der Waals surface area contributed by atoms with Gasteiger partial charge >= 0.3 is 11.9 Å². The van der Waals surface area contributed by atoms with Crippen molar-refractivity contribution >= 4 is 11.9 Å². The normalized spacial score (nSPS) is 19.9. The third-order valence-corrected chi connectivity index (χ3v) is 4.31. The van der Waals surface area contributed by atoms with Gasteiger partial charge in [-0.05, 0) is 38.5 Å². The van der Waals surface area contributed by atoms with E-state index in [1.54, 1.807) is 0 Å². The van der Waals surface area contributed by atoms with Crippen molar-refractivity contribution in [2.45, 2.75) is 44.9 Å². The van der Waals surface area contributed by atoms with E-state index < -0.39 is 11.9 Å². The van der Waals surface area contributed by atoms with Crippen LogP contribution in [-0.2, 0) is 19.1 Å². The highest BCUT2D eigenvalue weighted by atomic mass is 16.5. The molecular weight excluding hydrogens is 282 g/mol. The second-order valence-corrected chi connectivity index (χ2v) is 5.72. The molecule has 0 N–H and O–H groups in total. The lowest BCUT2D eigenvalue weighted by atomic mass is 10.00. The number of likely N-dealkylation sites (tertiary alicyclic amines) is 1. The van der Waals surface area contributed by atoms with E-state index >= 15 is 0 Å². The monoisotopic (exact) mass is 307 g/mol. The summed E-state index contributed by atoms with van der Waals surface area (Å²) < 4.78 is 9.86. The van der Waals surface area contributed by atoms with Gasteiger partial charge in [-0.15, -0.1) is 0 Å². The first-order chi connectivity index (χ1) is 10.7. The number of carbonyl (C=O) groups excluding carboxylic acids is 2. The average molecular weight is 307 g/mol. The lowest BCUT2D eigenvalue weighted by Gasteiger charge is -2.25. The molecule has 0 aromatic rings. The summed E-state index contributed by atoms with van der Waals surface area (Å²) in [5.41, 5.74) is 1.71. The topological polar surface area (TPSA) is 55.8 Å². The van der Waals surface area contributed by atoms with E-state index in [2.05, 4.69) is 4.90 Å². The zero-order chi connectivity index (χ0) is 15.9. The summed E-state index contributed by atoms with van der Waals surface area (Å²) in [7, 11) is 2.71. The smallest absolute Gasteiger partial charge is 0.340 e. The number of methoxy groups -OCH3 is 2. The van der Waals surface area contributed by atoms with E-state index in [1.165, 1.54) is 14.2 Å². The third-order valence-electron chi connectivity index (χ3n) is 4.31. The lowest BCUT2D eigenvalue weighted by Crippen LogP contribution is -2.26. The highest BCUT2D eigenvalue weighted by Gasteiger charge is 2.29. The summed E-state index contributed by atoms with van der Waals surface area (Å²) >= 11 is 0. The van der Waals surface area contributed by atoms with E-state index in [4.69, 9.17) is 9.47 Å². The Bertz CT molecular complexity index is 487. The summed E-state index contributed by atoms with van der Waals surface area (Å²) in [5, 5.41) is 0. The summed E-state index contributed by atoms with van der Waals surface area (Å²) in [5.74, 6) is -0.903. The van der Waals surface area contributed by atoms with Crippen LogP contribution in [0.5, 0.6) is 0 Å². The maximum absolute atomic E-state index is 12.4. The third kappa shape index (κ3) is 3.70. The summed E-state index contributed by atoms with van der Waals surface area (Å²) in [6.45, 7) is 1.87. The van der Waals surface area contributed by atoms with Crippen molar-refractivity contribution < 1.29 is 19.1 Å². The summed E-state index contributed by atoms with van der Waals surface area (Å²) in [4.78, 5) is 26.8. The highest BCUT2D eigenvalue weighted by molar-refractivity contribution is 6.07. The molecule has 1 aliphatic carbocycles. The summed E-state index contributed by atoms with van der Waals surface area (Å²) in [6, 6.07) is 0. The second-order valence-electron chi connectivity index (χ2n) is 5.72. The predicted octanol–water partition coefficient (Wildman–Crippen LogP) is 2.57. The van der Waals surface area contributed by atoms with E-state index in [0.717, 1.165) is 63.7 Å². The van der Waals surface area contributed by atoms with E-state index in [9.17, 15) is 9.59 Å². The van der Waals surface area contributed by atoms with Crippen LogP contribution >= 0.6 is 0 Å². The van der Waals surface area contributed by atoms with Gasteiger partial charge in [0.15, 0.2) is 0 Å². The molecule has 0 aromatic heterocycles. The molecule has 0 unspecified atom stereocenters. The van der Waals surface area contributed by atoms with Crippen molar-refractivity contribution in [3.8, 4) is 0 Å². The Kier molecular flexibility index (Phi) is 6.04. The summed E-state index contributed by atoms with van der Waals surface area (Å²) in [6.07, 6.45) is 8.79. The van der Waals surface area contributed by atoms with Gasteiger partial charge in [0.05, 0.1) is 25.4 Å². The van der Waals surface area contributed by atoms with E-state index in [1.807, 2.05) is 6.08 Å². The maximum Gasteiger partial charge on any atom is 0.340 e. The molecular formula is C17H25NO4. The van der Waals surface area contributed by atoms with Gasteiger partial charge in [-0.1, -0.05) is 12.5 Å². The number of hydrogen-bond acceptors (Lipinski definition) is 5. The van der Waals surface area contributed by atoms with Gasteiger partial charge in [0.2, 0.25) is 0 Å². The minimum Gasteiger partial charge on any atom is -0.465 e. The number of carbonyl (C=O) groups is 2. The van der Waals surface area contributed by atoms with Gasteiger partial charge in [-0.2, -0.15) is 0 Å². The molecule has 5 nitrogen and oxygen atoms in total. The second kappa shape index (κ2) is 8.01. The minimum atomic E-state index is -0.459. The maximum atomic E-state index is 12.4. The van der Waals surface area contributed by atoms with Crippen molar-refractivity contribution in [3.05, 3.63) is 22.9 Å². The van der Waals surface area contributed by atoms with Crippen LogP contribution in [0.1, 0.15) is 44.9 Å². The van der Waals surface area contributed by atoms with Crippen molar-refractivity contribution in [3.63, 3.8) is 0 Å². The van der Waals surface area contributed by atoms with Gasteiger partial charge in [0, 0.05) is 18.8 Å². The zero-order valence-electron chi connectivity index (χ0n) is 13.5. The Morgan fingerprint density at radius 1 is 0.955 bits per heavy atom. The number of hydrogen-bond donors (Lipinski definition) is 0. The Balaban J connectivity index is 2.52. The van der Waals surface area contributed by atoms with Crippen molar-refractivity contribution in [2.24, 2.45) is 0 Å². The Hall–Kier alpha value is -1.78. The van der Waals surface area contributed by atoms with Gasteiger partial charge < -0.3 is 14.4 Å². The molecule has 0 bridgehead atoms. The van der Waals surface area contributed by atoms with E-state index in [0.29, 0.717) is 11.1 Å². The number of allylic oxidation sites excluding steroid dienone is 2. The van der Waals surface area contributed by atoms with Gasteiger partial charge in [-0.25, -0.2) is 9.59 Å². The molecule has 1 saturated heterocycles. The number of nitrogens with zero attached hydrogens (tertiary/aromatic N) is 1. The first-order valence-corrected chi connectivity index (χ1v) is 8.04. The highest BCUT2D eigenvalue weighted by Crippen LogP contribution is 2.30. The van der Waals surface area contributed by atoms with Gasteiger partial charge in [0.1, 0.15) is 0 Å². The molecule has 1 aliphatic heterocycles. The molecule has 122 valence electrons. The number of ether oxygens (including phenoxy) is 2. The van der Waals surface area contributed by atoms with Crippen LogP contribution in [0.3, 0.4) is 0 Å². The number of esters is 2. The fourth-order valence-corrected chi connectivity index (χ4v) is 3.17. The Morgan fingerprint density at radius 3 is 2.27 bits per heavy atom. The molecule has 0 saturated carbocycles. The molecule has 2 aliphatic rings. The Morgan fingerprint density at radius 2 is 1.64 bits per heavy atom. The fraction of sp³-hybridized carbons (Fsp3) is 0.647. The minimum absolute atomic E-state index is 0.359. The van der Waals surface area contributed by atoms with E-state index in [-0.39, 0.29) is 0 Å². The van der Waals surface area contributed by atoms with Gasteiger partial charge in [0.25, 0.3) is 0 Å². The standard InChI is InChI=1S/C17H25NO4/c1-21-16(19)13-9-5-3-4-6-10-14(15(13)17(20)22-2)18-11-7-8-12-18/h9H,3-8,10-12H2,1-2H3. The van der Waals surface area contributed by atoms with Crippen LogP contribution in [-0.4, -0.2) is 44.1 Å². The molecule has 0 amide bonds. The molecule has 1 fully saturated rings. The number of rotatable bonds is 3. The quantitative estimate of drug-likeness (QED) is 0.750. The Labute approximate surface area is 131 Å². The molecule has 2 rings (SSSR count). The lowest BCUT2D eigenvalue weighted by molar-refractivity contribution is -0.139. The predicted molar refractivity (Wildman–Crippen MR) is 83.0 cm³/mol. The largest absolute Gasteiger partial charge is 0.465 e. The SMILES string of the molecule is COC(=O)C1=CCCCCCC(N2CCCC2)=C1C(=O)OC. The first-order valence-electron chi connectivity index (χ1n) is 8.04. The molecule has 0 spiro atoms. The van der Waals surface area contributed by atoms with Crippen LogP contribution in [0, 0.1) is 0 Å². The van der Waals surface area contributed by atoms with Crippen LogP contribution in [0.2, 0.25) is 0 Å². The van der Waals surface area contributed by atoms with Gasteiger partial charge in [-0.3, -0.25) is 0 Å². The molecule has 0 atom stereocenters. The fourth-order valence-electron chi connectivity index (χ4n) is 3.17. The van der Waals surface area contributed by atoms with Crippen LogP contribution in [0.15, 0.2) is 22.9 Å². The molecule has 1 heterocycles. The van der Waals surface area contributed by atoms with Crippen molar-refractivity contribution in [1.29, 1.82) is 0 Å². The van der Waals surface area contributed by atoms with Crippen LogP contribution in [0.4, 0.5) is 0 Å². The first kappa shape index (κ1) is 16.6. The van der Waals surface area contributed by atoms with Crippen LogP contribution in [0.25, 0.3) is 0 Å². The molecule has 0 aromatic carbocycles. The average Bonchev–Trinajstić information content (AvgIpc) is 3.08. The van der Waals surface area contributed by atoms with Crippen molar-refractivity contribution in [1.82, 2.24) is 4.90 Å². The molecule has 22 heavy (non-hydrogen) atoms. The van der Waals surface area contributed by atoms with Crippen molar-refractivity contribution in [2.75, 3.05) is 27.3 Å². The molecule has 0 radical (unpaired) electrons. The van der Waals surface area contributed by atoms with Crippen LogP contribution < -0.4 is 0 Å².